The fourth-order valence-electron chi connectivity index (χ4n) is 7.78. The predicted octanol–water partition coefficient (Wildman–Crippen LogP) is 15.3. The molecule has 1 nitrogen and oxygen atoms in total. The molecule has 0 atom stereocenters. The molecule has 10 rings (SSSR count). The molecule has 9 aromatic carbocycles. The number of nitrogens with zero attached hydrogens (tertiary/aromatic N) is 1. The summed E-state index contributed by atoms with van der Waals surface area (Å²) in [5.41, 5.74) is 13.0. The van der Waals surface area contributed by atoms with Gasteiger partial charge in [0.2, 0.25) is 0 Å². The molecule has 1 aromatic heterocycles. The average Bonchev–Trinajstić information content (AvgIpc) is 3.64. The largest absolute Gasteiger partial charge is 0.310 e. The molecular formula is C52H35NS. The van der Waals surface area contributed by atoms with Crippen molar-refractivity contribution in [2.75, 3.05) is 4.90 Å². The molecule has 0 saturated heterocycles. The Bertz CT molecular complexity index is 2890. The van der Waals surface area contributed by atoms with Gasteiger partial charge in [0.05, 0.1) is 5.69 Å². The lowest BCUT2D eigenvalue weighted by Gasteiger charge is -2.28. The molecule has 0 saturated carbocycles. The van der Waals surface area contributed by atoms with Gasteiger partial charge < -0.3 is 4.90 Å². The highest BCUT2D eigenvalue weighted by Crippen LogP contribution is 2.43. The summed E-state index contributed by atoms with van der Waals surface area (Å²) in [6.07, 6.45) is 0. The minimum Gasteiger partial charge on any atom is -0.310 e. The highest BCUT2D eigenvalue weighted by Gasteiger charge is 2.18. The summed E-state index contributed by atoms with van der Waals surface area (Å²) in [5, 5.41) is 5.29. The van der Waals surface area contributed by atoms with E-state index in [0.29, 0.717) is 0 Å². The monoisotopic (exact) mass is 705 g/mol. The standard InChI is InChI=1S/C52H35NS/c1-3-11-36(12-4-1)37-19-21-38(22-20-37)39-23-29-44(30-24-39)53(49-18-10-9-16-46(49)41-13-5-2-6-14-41)45-31-25-40(26-32-45)43-27-33-48-51(35-43)54-50-34-28-42-15-7-8-17-47(42)52(48)50/h1-35H. The minimum atomic E-state index is 1.11. The van der Waals surface area contributed by atoms with E-state index in [9.17, 15) is 0 Å². The molecule has 0 amide bonds. The maximum Gasteiger partial charge on any atom is 0.0540 e. The molecule has 254 valence electrons. The second-order valence-corrected chi connectivity index (χ2v) is 14.8. The van der Waals surface area contributed by atoms with E-state index in [-0.39, 0.29) is 0 Å². The SMILES string of the molecule is c1ccc(-c2ccc(-c3ccc(N(c4ccc(-c5ccc6c(c5)sc5ccc7ccccc7c56)cc4)c4ccccc4-c4ccccc4)cc3)cc2)cc1. The van der Waals surface area contributed by atoms with Gasteiger partial charge in [-0.1, -0.05) is 170 Å². The molecule has 1 heterocycles. The van der Waals surface area contributed by atoms with Gasteiger partial charge in [0, 0.05) is 37.1 Å². The summed E-state index contributed by atoms with van der Waals surface area (Å²) in [6.45, 7) is 0. The lowest BCUT2D eigenvalue weighted by Crippen LogP contribution is -2.11. The van der Waals surface area contributed by atoms with Crippen molar-refractivity contribution >= 4 is 59.3 Å². The summed E-state index contributed by atoms with van der Waals surface area (Å²) in [7, 11) is 0. The van der Waals surface area contributed by atoms with E-state index in [2.05, 4.69) is 217 Å². The molecule has 54 heavy (non-hydrogen) atoms. The molecule has 0 aliphatic rings. The first-order valence-corrected chi connectivity index (χ1v) is 19.2. The summed E-state index contributed by atoms with van der Waals surface area (Å²) in [4.78, 5) is 2.38. The Morgan fingerprint density at radius 1 is 0.315 bits per heavy atom. The van der Waals surface area contributed by atoms with Crippen molar-refractivity contribution in [1.29, 1.82) is 0 Å². The molecule has 0 aliphatic heterocycles. The van der Waals surface area contributed by atoms with Crippen LogP contribution in [0.25, 0.3) is 75.5 Å². The van der Waals surface area contributed by atoms with Gasteiger partial charge in [-0.25, -0.2) is 0 Å². The van der Waals surface area contributed by atoms with Crippen molar-refractivity contribution < 1.29 is 0 Å². The fraction of sp³-hybridized carbons (Fsp3) is 0. The van der Waals surface area contributed by atoms with Crippen molar-refractivity contribution in [3.05, 3.63) is 212 Å². The van der Waals surface area contributed by atoms with Gasteiger partial charge in [0.25, 0.3) is 0 Å². The highest BCUT2D eigenvalue weighted by molar-refractivity contribution is 7.26. The van der Waals surface area contributed by atoms with Crippen LogP contribution in [0.1, 0.15) is 0 Å². The first kappa shape index (κ1) is 32.0. The summed E-state index contributed by atoms with van der Waals surface area (Å²) >= 11 is 1.88. The van der Waals surface area contributed by atoms with Crippen molar-refractivity contribution in [2.24, 2.45) is 0 Å². The summed E-state index contributed by atoms with van der Waals surface area (Å²) < 4.78 is 2.65. The first-order chi connectivity index (χ1) is 26.8. The van der Waals surface area contributed by atoms with Gasteiger partial charge in [0.1, 0.15) is 0 Å². The zero-order chi connectivity index (χ0) is 35.8. The normalized spacial score (nSPS) is 11.3. The Morgan fingerprint density at radius 2 is 0.815 bits per heavy atom. The van der Waals surface area contributed by atoms with Gasteiger partial charge in [-0.15, -0.1) is 11.3 Å². The Kier molecular flexibility index (Phi) is 8.09. The van der Waals surface area contributed by atoms with Crippen LogP contribution in [0.4, 0.5) is 17.1 Å². The Balaban J connectivity index is 1.02. The van der Waals surface area contributed by atoms with Crippen molar-refractivity contribution in [2.45, 2.75) is 0 Å². The lowest BCUT2D eigenvalue weighted by molar-refractivity contribution is 1.28. The molecule has 0 N–H and O–H groups in total. The van der Waals surface area contributed by atoms with Crippen LogP contribution in [0.15, 0.2) is 212 Å². The maximum atomic E-state index is 2.38. The van der Waals surface area contributed by atoms with E-state index in [1.165, 1.54) is 75.5 Å². The van der Waals surface area contributed by atoms with Gasteiger partial charge in [-0.05, 0) is 92.2 Å². The van der Waals surface area contributed by atoms with Gasteiger partial charge in [-0.3, -0.25) is 0 Å². The smallest absolute Gasteiger partial charge is 0.0540 e. The van der Waals surface area contributed by atoms with Crippen LogP contribution in [0.5, 0.6) is 0 Å². The second kappa shape index (κ2) is 13.7. The third-order valence-corrected chi connectivity index (χ3v) is 11.6. The zero-order valence-corrected chi connectivity index (χ0v) is 30.4. The van der Waals surface area contributed by atoms with E-state index < -0.39 is 0 Å². The van der Waals surface area contributed by atoms with E-state index in [4.69, 9.17) is 0 Å². The third kappa shape index (κ3) is 5.84. The number of fused-ring (bicyclic) bond motifs is 5. The second-order valence-electron chi connectivity index (χ2n) is 13.7. The average molecular weight is 706 g/mol. The zero-order valence-electron chi connectivity index (χ0n) is 29.6. The van der Waals surface area contributed by atoms with Crippen molar-refractivity contribution in [1.82, 2.24) is 0 Å². The van der Waals surface area contributed by atoms with E-state index in [1.54, 1.807) is 0 Å². The molecule has 0 unspecified atom stereocenters. The molecule has 2 heteroatoms. The molecular weight excluding hydrogens is 671 g/mol. The van der Waals surface area contributed by atoms with E-state index in [1.807, 2.05) is 11.3 Å². The van der Waals surface area contributed by atoms with Crippen molar-refractivity contribution in [3.63, 3.8) is 0 Å². The summed E-state index contributed by atoms with van der Waals surface area (Å²) in [5.74, 6) is 0. The molecule has 0 radical (unpaired) electrons. The van der Waals surface area contributed by atoms with Crippen LogP contribution in [-0.4, -0.2) is 0 Å². The quantitative estimate of drug-likeness (QED) is 0.160. The molecule has 0 spiro atoms. The van der Waals surface area contributed by atoms with Crippen LogP contribution in [-0.2, 0) is 0 Å². The minimum absolute atomic E-state index is 1.11. The molecule has 0 aliphatic carbocycles. The Hall–Kier alpha value is -6.74. The van der Waals surface area contributed by atoms with Gasteiger partial charge in [-0.2, -0.15) is 0 Å². The molecule has 10 aromatic rings. The van der Waals surface area contributed by atoms with Crippen LogP contribution in [0.2, 0.25) is 0 Å². The lowest BCUT2D eigenvalue weighted by atomic mass is 9.99. The Labute approximate surface area is 319 Å². The predicted molar refractivity (Wildman–Crippen MR) is 233 cm³/mol. The number of hydrogen-bond donors (Lipinski definition) is 0. The van der Waals surface area contributed by atoms with Crippen LogP contribution in [0.3, 0.4) is 0 Å². The number of para-hydroxylation sites is 1. The first-order valence-electron chi connectivity index (χ1n) is 18.4. The number of anilines is 3. The summed E-state index contributed by atoms with van der Waals surface area (Å²) in [6, 6.07) is 77.0. The van der Waals surface area contributed by atoms with Crippen LogP contribution in [0, 0.1) is 0 Å². The topological polar surface area (TPSA) is 3.24 Å². The third-order valence-electron chi connectivity index (χ3n) is 10.5. The highest BCUT2D eigenvalue weighted by atomic mass is 32.1. The van der Waals surface area contributed by atoms with Gasteiger partial charge in [0.15, 0.2) is 0 Å². The fourth-order valence-corrected chi connectivity index (χ4v) is 8.94. The molecule has 0 fully saturated rings. The number of thiophene rings is 1. The number of benzene rings is 9. The van der Waals surface area contributed by atoms with Gasteiger partial charge >= 0.3 is 0 Å². The van der Waals surface area contributed by atoms with E-state index in [0.717, 1.165) is 17.1 Å². The number of hydrogen-bond acceptors (Lipinski definition) is 2. The van der Waals surface area contributed by atoms with E-state index >= 15 is 0 Å². The van der Waals surface area contributed by atoms with Crippen molar-refractivity contribution in [3.8, 4) is 44.5 Å². The van der Waals surface area contributed by atoms with Crippen LogP contribution >= 0.6 is 11.3 Å². The Morgan fingerprint density at radius 3 is 1.48 bits per heavy atom. The maximum absolute atomic E-state index is 2.38. The van der Waals surface area contributed by atoms with Crippen LogP contribution < -0.4 is 4.90 Å². The molecule has 0 bridgehead atoms. The number of rotatable bonds is 7.